The number of Topliss-reactive ketones (excluding diaryl/α,β-unsaturated/α-hetero) is 1. The van der Waals surface area contributed by atoms with E-state index in [-0.39, 0.29) is 5.56 Å². The van der Waals surface area contributed by atoms with Gasteiger partial charge in [-0.1, -0.05) is 36.4 Å². The third kappa shape index (κ3) is 3.24. The molecule has 0 amide bonds. The highest BCUT2D eigenvalue weighted by Crippen LogP contribution is 2.31. The van der Waals surface area contributed by atoms with E-state index in [2.05, 4.69) is 4.98 Å². The van der Waals surface area contributed by atoms with Crippen LogP contribution >= 0.6 is 0 Å². The zero-order chi connectivity index (χ0) is 18.5. The molecule has 26 heavy (non-hydrogen) atoms. The van der Waals surface area contributed by atoms with E-state index in [1.54, 1.807) is 30.3 Å². The van der Waals surface area contributed by atoms with Crippen molar-refractivity contribution in [2.45, 2.75) is 6.92 Å². The Labute approximate surface area is 151 Å². The summed E-state index contributed by atoms with van der Waals surface area (Å²) in [5, 5.41) is 18.7. The number of nitrogens with zero attached hydrogens (tertiary/aromatic N) is 3. The van der Waals surface area contributed by atoms with Gasteiger partial charge in [0.25, 0.3) is 0 Å². The predicted molar refractivity (Wildman–Crippen MR) is 97.4 cm³/mol. The first-order chi connectivity index (χ1) is 12.7. The van der Waals surface area contributed by atoms with Gasteiger partial charge in [0.15, 0.2) is 11.7 Å². The fourth-order valence-electron chi connectivity index (χ4n) is 2.69. The highest BCUT2D eigenvalue weighted by atomic mass is 16.5. The maximum absolute atomic E-state index is 12.3. The molecule has 3 aromatic rings. The number of carbonyl (C=O) groups is 1. The van der Waals surface area contributed by atoms with E-state index in [9.17, 15) is 4.79 Å². The zero-order valence-electron chi connectivity index (χ0n) is 14.1. The Balaban J connectivity index is 2.17. The van der Waals surface area contributed by atoms with Gasteiger partial charge in [-0.15, -0.1) is 0 Å². The molecule has 126 valence electrons. The van der Waals surface area contributed by atoms with Crippen molar-refractivity contribution in [1.29, 1.82) is 10.5 Å². The number of carbonyl (C=O) groups excluding carboxylic acids is 1. The average Bonchev–Trinajstić information content (AvgIpc) is 2.69. The van der Waals surface area contributed by atoms with Crippen molar-refractivity contribution in [2.24, 2.45) is 5.92 Å². The molecule has 0 aliphatic heterocycles. The van der Waals surface area contributed by atoms with Crippen LogP contribution in [0.3, 0.4) is 0 Å². The Kier molecular flexibility index (Phi) is 4.92. The van der Waals surface area contributed by atoms with Gasteiger partial charge in [-0.3, -0.25) is 4.79 Å². The van der Waals surface area contributed by atoms with Crippen LogP contribution in [0.4, 0.5) is 0 Å². The smallest absolute Gasteiger partial charge is 0.195 e. The maximum atomic E-state index is 12.3. The topological polar surface area (TPSA) is 86.8 Å². The van der Waals surface area contributed by atoms with E-state index in [4.69, 9.17) is 15.3 Å². The molecule has 0 N–H and O–H groups in total. The number of nitriles is 2. The molecule has 0 saturated heterocycles. The van der Waals surface area contributed by atoms with Gasteiger partial charge in [0.2, 0.25) is 0 Å². The van der Waals surface area contributed by atoms with Crippen molar-refractivity contribution in [1.82, 2.24) is 4.98 Å². The highest BCUT2D eigenvalue weighted by Gasteiger charge is 2.20. The molecule has 0 bridgehead atoms. The van der Waals surface area contributed by atoms with E-state index in [0.29, 0.717) is 17.9 Å². The van der Waals surface area contributed by atoms with Crippen LogP contribution in [-0.4, -0.2) is 17.4 Å². The van der Waals surface area contributed by atoms with Gasteiger partial charge in [-0.25, -0.2) is 4.98 Å². The summed E-state index contributed by atoms with van der Waals surface area (Å²) >= 11 is 0. The Morgan fingerprint density at radius 2 is 1.85 bits per heavy atom. The van der Waals surface area contributed by atoms with Crippen molar-refractivity contribution < 1.29 is 9.53 Å². The van der Waals surface area contributed by atoms with Gasteiger partial charge in [0, 0.05) is 22.6 Å². The van der Waals surface area contributed by atoms with E-state index < -0.39 is 11.7 Å². The maximum Gasteiger partial charge on any atom is 0.195 e. The van der Waals surface area contributed by atoms with Gasteiger partial charge in [0.05, 0.1) is 30.0 Å². The Morgan fingerprint density at radius 3 is 2.50 bits per heavy atom. The van der Waals surface area contributed by atoms with Gasteiger partial charge in [-0.2, -0.15) is 10.5 Å². The molecule has 0 unspecified atom stereocenters. The van der Waals surface area contributed by atoms with Gasteiger partial charge in [0.1, 0.15) is 5.75 Å². The van der Waals surface area contributed by atoms with E-state index >= 15 is 0 Å². The molecule has 0 spiro atoms. The van der Waals surface area contributed by atoms with Gasteiger partial charge >= 0.3 is 0 Å². The minimum Gasteiger partial charge on any atom is -0.493 e. The summed E-state index contributed by atoms with van der Waals surface area (Å²) in [5.41, 5.74) is 2.52. The summed E-state index contributed by atoms with van der Waals surface area (Å²) < 4.78 is 5.74. The molecule has 1 heterocycles. The number of aromatic nitrogens is 1. The van der Waals surface area contributed by atoms with Crippen molar-refractivity contribution in [3.63, 3.8) is 0 Å². The lowest BCUT2D eigenvalue weighted by atomic mass is 9.98. The van der Waals surface area contributed by atoms with Crippen LogP contribution in [0.15, 0.2) is 54.6 Å². The van der Waals surface area contributed by atoms with E-state index in [1.165, 1.54) is 0 Å². The van der Waals surface area contributed by atoms with Crippen molar-refractivity contribution in [2.75, 3.05) is 6.61 Å². The quantitative estimate of drug-likeness (QED) is 0.651. The minimum atomic E-state index is -1.32. The molecule has 0 atom stereocenters. The molecule has 0 aliphatic rings. The third-order valence-corrected chi connectivity index (χ3v) is 3.95. The number of pyridine rings is 1. The second kappa shape index (κ2) is 7.46. The summed E-state index contributed by atoms with van der Waals surface area (Å²) in [5.74, 6) is -1.18. The van der Waals surface area contributed by atoms with Crippen LogP contribution in [0, 0.1) is 28.6 Å². The third-order valence-electron chi connectivity index (χ3n) is 3.95. The largest absolute Gasteiger partial charge is 0.493 e. The molecule has 2 aromatic carbocycles. The van der Waals surface area contributed by atoms with Gasteiger partial charge < -0.3 is 4.74 Å². The van der Waals surface area contributed by atoms with Crippen molar-refractivity contribution in [3.05, 3.63) is 60.2 Å². The first kappa shape index (κ1) is 17.1. The highest BCUT2D eigenvalue weighted by molar-refractivity contribution is 6.04. The molecular formula is C21H15N3O2. The molecule has 3 rings (SSSR count). The summed E-state index contributed by atoms with van der Waals surface area (Å²) in [6.07, 6.45) is 0. The standard InChI is InChI=1S/C21H15N3O2/c1-2-26-20-11-18(14-6-4-3-5-7-14)24-19-10-15(8-9-17(19)20)21(25)16(12-22)13-23/h3-11,16H,2H2,1H3. The fourth-order valence-corrected chi connectivity index (χ4v) is 2.69. The van der Waals surface area contributed by atoms with Crippen LogP contribution < -0.4 is 4.74 Å². The summed E-state index contributed by atoms with van der Waals surface area (Å²) in [6.45, 7) is 2.40. The Bertz CT molecular complexity index is 1030. The van der Waals surface area contributed by atoms with E-state index in [1.807, 2.05) is 43.3 Å². The second-order valence-corrected chi connectivity index (χ2v) is 5.59. The molecule has 0 saturated carbocycles. The Hall–Kier alpha value is -3.70. The van der Waals surface area contributed by atoms with Gasteiger partial charge in [-0.05, 0) is 19.1 Å². The number of ketones is 1. The number of hydrogen-bond donors (Lipinski definition) is 0. The SMILES string of the molecule is CCOc1cc(-c2ccccc2)nc2cc(C(=O)C(C#N)C#N)ccc12. The number of ether oxygens (including phenoxy) is 1. The molecule has 0 aliphatic carbocycles. The summed E-state index contributed by atoms with van der Waals surface area (Å²) in [4.78, 5) is 17.0. The number of rotatable bonds is 5. The fraction of sp³-hybridized carbons (Fsp3) is 0.143. The second-order valence-electron chi connectivity index (χ2n) is 5.59. The van der Waals surface area contributed by atoms with Crippen LogP contribution in [0.25, 0.3) is 22.2 Å². The van der Waals surface area contributed by atoms with E-state index in [0.717, 1.165) is 16.6 Å². The molecule has 5 heteroatoms. The lowest BCUT2D eigenvalue weighted by Crippen LogP contribution is -2.10. The number of benzene rings is 2. The van der Waals surface area contributed by atoms with Crippen LogP contribution in [0.2, 0.25) is 0 Å². The predicted octanol–water partition coefficient (Wildman–Crippen LogP) is 4.15. The van der Waals surface area contributed by atoms with Crippen LogP contribution in [0.1, 0.15) is 17.3 Å². The molecular weight excluding hydrogens is 326 g/mol. The first-order valence-electron chi connectivity index (χ1n) is 8.14. The summed E-state index contributed by atoms with van der Waals surface area (Å²) in [6, 6.07) is 19.9. The monoisotopic (exact) mass is 341 g/mol. The summed E-state index contributed by atoms with van der Waals surface area (Å²) in [7, 11) is 0. The van der Waals surface area contributed by atoms with Crippen LogP contribution in [-0.2, 0) is 0 Å². The number of fused-ring (bicyclic) bond motifs is 1. The molecule has 0 radical (unpaired) electrons. The first-order valence-corrected chi connectivity index (χ1v) is 8.14. The normalized spacial score (nSPS) is 10.3. The Morgan fingerprint density at radius 1 is 1.12 bits per heavy atom. The molecule has 1 aromatic heterocycles. The molecule has 5 nitrogen and oxygen atoms in total. The lowest BCUT2D eigenvalue weighted by Gasteiger charge is -2.11. The average molecular weight is 341 g/mol. The van der Waals surface area contributed by atoms with Crippen LogP contribution in [0.5, 0.6) is 5.75 Å². The lowest BCUT2D eigenvalue weighted by molar-refractivity contribution is 0.0971. The van der Waals surface area contributed by atoms with Crippen molar-refractivity contribution in [3.8, 4) is 29.1 Å². The van der Waals surface area contributed by atoms with Crippen molar-refractivity contribution >= 4 is 16.7 Å². The minimum absolute atomic E-state index is 0.283. The zero-order valence-corrected chi connectivity index (χ0v) is 14.1. The number of hydrogen-bond acceptors (Lipinski definition) is 5. The molecule has 0 fully saturated rings.